The fraction of sp³-hybridized carbons (Fsp3) is 0. The monoisotopic (exact) mass is 554 g/mol. The molecule has 0 unspecified atom stereocenters. The van der Waals surface area contributed by atoms with Gasteiger partial charge < -0.3 is 4.74 Å². The molecule has 0 atom stereocenters. The fourth-order valence-electron chi connectivity index (χ4n) is 3.22. The summed E-state index contributed by atoms with van der Waals surface area (Å²) in [4.78, 5) is 20.5. The standard InChI is InChI=1S/C24H18N4O8S2/c29-25-19-3-1-5-23(15-19)37(32,33)26-17-7-11-21(12-8-17)36-22-13-9-18(10-14-22)27-38(34,35)24-6-2-4-20(16-24)28(30)31/h1-16,26-27H. The van der Waals surface area contributed by atoms with Crippen molar-refractivity contribution in [2.24, 2.45) is 5.18 Å². The Balaban J connectivity index is 1.40. The lowest BCUT2D eigenvalue weighted by atomic mass is 10.3. The molecule has 4 aromatic carbocycles. The molecule has 38 heavy (non-hydrogen) atoms. The van der Waals surface area contributed by atoms with Crippen LogP contribution >= 0.6 is 0 Å². The Morgan fingerprint density at radius 1 is 0.684 bits per heavy atom. The lowest BCUT2D eigenvalue weighted by Gasteiger charge is -2.11. The summed E-state index contributed by atoms with van der Waals surface area (Å²) in [5.74, 6) is 0.750. The van der Waals surface area contributed by atoms with Crippen LogP contribution in [0.25, 0.3) is 0 Å². The van der Waals surface area contributed by atoms with Crippen LogP contribution in [0.1, 0.15) is 0 Å². The molecule has 0 fully saturated rings. The molecule has 194 valence electrons. The number of nitro benzene ring substituents is 1. The first-order valence-electron chi connectivity index (χ1n) is 10.7. The minimum Gasteiger partial charge on any atom is -0.457 e. The van der Waals surface area contributed by atoms with Crippen LogP contribution in [0.4, 0.5) is 22.7 Å². The average molecular weight is 555 g/mol. The van der Waals surface area contributed by atoms with E-state index in [1.807, 2.05) is 0 Å². The van der Waals surface area contributed by atoms with Crippen molar-refractivity contribution >= 4 is 42.8 Å². The van der Waals surface area contributed by atoms with E-state index < -0.39 is 25.0 Å². The van der Waals surface area contributed by atoms with Gasteiger partial charge in [-0.1, -0.05) is 12.1 Å². The van der Waals surface area contributed by atoms with Crippen LogP contribution in [0.3, 0.4) is 0 Å². The third kappa shape index (κ3) is 6.29. The van der Waals surface area contributed by atoms with Gasteiger partial charge >= 0.3 is 0 Å². The molecule has 12 nitrogen and oxygen atoms in total. The quantitative estimate of drug-likeness (QED) is 0.149. The zero-order valence-electron chi connectivity index (χ0n) is 19.2. The molecule has 0 saturated carbocycles. The van der Waals surface area contributed by atoms with E-state index in [2.05, 4.69) is 14.6 Å². The maximum absolute atomic E-state index is 12.6. The van der Waals surface area contributed by atoms with Crippen LogP contribution in [0, 0.1) is 15.0 Å². The number of sulfonamides is 2. The van der Waals surface area contributed by atoms with Gasteiger partial charge in [0.1, 0.15) is 17.2 Å². The summed E-state index contributed by atoms with van der Waals surface area (Å²) in [7, 11) is -8.00. The molecule has 14 heteroatoms. The largest absolute Gasteiger partial charge is 0.457 e. The normalized spacial score (nSPS) is 11.4. The van der Waals surface area contributed by atoms with Gasteiger partial charge in [-0.15, -0.1) is 4.91 Å². The van der Waals surface area contributed by atoms with Gasteiger partial charge in [0.15, 0.2) is 0 Å². The first-order chi connectivity index (χ1) is 18.1. The highest BCUT2D eigenvalue weighted by molar-refractivity contribution is 7.93. The summed E-state index contributed by atoms with van der Waals surface area (Å²) in [6, 6.07) is 21.9. The van der Waals surface area contributed by atoms with Crippen molar-refractivity contribution in [3.05, 3.63) is 112 Å². The van der Waals surface area contributed by atoms with E-state index in [4.69, 9.17) is 4.74 Å². The van der Waals surface area contributed by atoms with Crippen LogP contribution in [-0.4, -0.2) is 21.8 Å². The van der Waals surface area contributed by atoms with E-state index in [1.165, 1.54) is 84.9 Å². The van der Waals surface area contributed by atoms with Crippen molar-refractivity contribution in [3.8, 4) is 11.5 Å². The molecule has 0 aliphatic carbocycles. The number of rotatable bonds is 10. The van der Waals surface area contributed by atoms with E-state index in [9.17, 15) is 31.9 Å². The summed E-state index contributed by atoms with van der Waals surface area (Å²) < 4.78 is 60.7. The number of nitroso groups, excluding NO2 is 1. The highest BCUT2D eigenvalue weighted by atomic mass is 32.2. The van der Waals surface area contributed by atoms with Crippen molar-refractivity contribution in [2.75, 3.05) is 9.44 Å². The minimum atomic E-state index is -4.06. The summed E-state index contributed by atoms with van der Waals surface area (Å²) in [6.07, 6.45) is 0. The molecule has 0 bridgehead atoms. The van der Waals surface area contributed by atoms with Crippen molar-refractivity contribution in [2.45, 2.75) is 9.79 Å². The van der Waals surface area contributed by atoms with Crippen LogP contribution in [0.15, 0.2) is 112 Å². The predicted molar refractivity (Wildman–Crippen MR) is 140 cm³/mol. The molecule has 4 rings (SSSR count). The maximum atomic E-state index is 12.6. The molecular weight excluding hydrogens is 536 g/mol. The lowest BCUT2D eigenvalue weighted by Crippen LogP contribution is -2.13. The van der Waals surface area contributed by atoms with Gasteiger partial charge in [0, 0.05) is 23.5 Å². The molecule has 0 aliphatic heterocycles. The first-order valence-corrected chi connectivity index (χ1v) is 13.6. The zero-order chi connectivity index (χ0) is 27.3. The Bertz CT molecular complexity index is 1710. The second-order valence-electron chi connectivity index (χ2n) is 7.70. The number of benzene rings is 4. The molecule has 0 aliphatic rings. The molecule has 4 aromatic rings. The van der Waals surface area contributed by atoms with Crippen molar-refractivity contribution in [1.82, 2.24) is 0 Å². The number of hydrogen-bond donors (Lipinski definition) is 2. The average Bonchev–Trinajstić information content (AvgIpc) is 2.90. The SMILES string of the molecule is O=Nc1cccc(S(=O)(=O)Nc2ccc(Oc3ccc(NS(=O)(=O)c4cccc([N+](=O)[O-])c4)cc3)cc2)c1. The second kappa shape index (κ2) is 10.7. The summed E-state index contributed by atoms with van der Waals surface area (Å²) in [5, 5.41) is 13.7. The van der Waals surface area contributed by atoms with Gasteiger partial charge in [-0.2, -0.15) is 0 Å². The summed E-state index contributed by atoms with van der Waals surface area (Å²) >= 11 is 0. The first kappa shape index (κ1) is 26.2. The van der Waals surface area contributed by atoms with Gasteiger partial charge in [-0.05, 0) is 78.0 Å². The highest BCUT2D eigenvalue weighted by Gasteiger charge is 2.18. The van der Waals surface area contributed by atoms with Crippen LogP contribution in [-0.2, 0) is 20.0 Å². The molecule has 0 heterocycles. The van der Waals surface area contributed by atoms with Gasteiger partial charge in [0.25, 0.3) is 25.7 Å². The number of nitrogens with one attached hydrogen (secondary N) is 2. The van der Waals surface area contributed by atoms with Gasteiger partial charge in [-0.3, -0.25) is 19.6 Å². The number of ether oxygens (including phenoxy) is 1. The summed E-state index contributed by atoms with van der Waals surface area (Å²) in [6.45, 7) is 0. The molecule has 0 amide bonds. The van der Waals surface area contributed by atoms with Crippen molar-refractivity contribution in [1.29, 1.82) is 0 Å². The molecule has 0 saturated heterocycles. The van der Waals surface area contributed by atoms with Gasteiger partial charge in [0.05, 0.1) is 14.7 Å². The Labute approximate surface area is 217 Å². The highest BCUT2D eigenvalue weighted by Crippen LogP contribution is 2.27. The van der Waals surface area contributed by atoms with E-state index >= 15 is 0 Å². The van der Waals surface area contributed by atoms with Crippen LogP contribution in [0.5, 0.6) is 11.5 Å². The Morgan fingerprint density at radius 3 is 1.63 bits per heavy atom. The molecule has 0 spiro atoms. The van der Waals surface area contributed by atoms with Crippen molar-refractivity contribution in [3.63, 3.8) is 0 Å². The lowest BCUT2D eigenvalue weighted by molar-refractivity contribution is -0.385. The Hall–Kier alpha value is -4.82. The number of non-ortho nitro benzene ring substituents is 1. The zero-order valence-corrected chi connectivity index (χ0v) is 20.8. The number of nitro groups is 1. The smallest absolute Gasteiger partial charge is 0.270 e. The number of anilines is 2. The fourth-order valence-corrected chi connectivity index (χ4v) is 5.41. The predicted octanol–water partition coefficient (Wildman–Crippen LogP) is 5.39. The van der Waals surface area contributed by atoms with Gasteiger partial charge in [-0.25, -0.2) is 16.8 Å². The third-order valence-corrected chi connectivity index (χ3v) is 7.78. The molecule has 0 aromatic heterocycles. The minimum absolute atomic E-state index is 0.0144. The Morgan fingerprint density at radius 2 is 1.16 bits per heavy atom. The van der Waals surface area contributed by atoms with E-state index in [-0.39, 0.29) is 32.5 Å². The number of nitrogens with zero attached hydrogens (tertiary/aromatic N) is 2. The molecular formula is C24H18N4O8S2. The van der Waals surface area contributed by atoms with Gasteiger partial charge in [0.2, 0.25) is 0 Å². The topological polar surface area (TPSA) is 174 Å². The van der Waals surface area contributed by atoms with Crippen LogP contribution < -0.4 is 14.2 Å². The molecule has 0 radical (unpaired) electrons. The maximum Gasteiger partial charge on any atom is 0.270 e. The third-order valence-electron chi connectivity index (χ3n) is 5.02. The summed E-state index contributed by atoms with van der Waals surface area (Å²) in [5.41, 5.74) is 0.106. The van der Waals surface area contributed by atoms with E-state index in [0.29, 0.717) is 11.5 Å². The van der Waals surface area contributed by atoms with E-state index in [1.54, 1.807) is 0 Å². The number of hydrogen-bond acceptors (Lipinski definition) is 9. The Kier molecular flexibility index (Phi) is 7.36. The van der Waals surface area contributed by atoms with E-state index in [0.717, 1.165) is 12.1 Å². The van der Waals surface area contributed by atoms with Crippen molar-refractivity contribution < 1.29 is 26.5 Å². The van der Waals surface area contributed by atoms with Crippen LogP contribution in [0.2, 0.25) is 0 Å². The molecule has 2 N–H and O–H groups in total. The second-order valence-corrected chi connectivity index (χ2v) is 11.1.